The second-order valence-corrected chi connectivity index (χ2v) is 12.2. The van der Waals surface area contributed by atoms with E-state index in [1.807, 2.05) is 12.1 Å². The molecule has 0 amide bonds. The normalized spacial score (nSPS) is 17.8. The monoisotopic (exact) mass is 265 g/mol. The molecule has 0 heterocycles. The van der Waals surface area contributed by atoms with Gasteiger partial charge in [0.2, 0.25) is 0 Å². The van der Waals surface area contributed by atoms with Gasteiger partial charge < -0.3 is 5.32 Å². The van der Waals surface area contributed by atoms with Crippen molar-refractivity contribution in [2.75, 3.05) is 6.54 Å². The fourth-order valence-corrected chi connectivity index (χ4v) is 4.24. The fourth-order valence-electron chi connectivity index (χ4n) is 2.38. The van der Waals surface area contributed by atoms with Crippen LogP contribution < -0.4 is 5.32 Å². The van der Waals surface area contributed by atoms with Gasteiger partial charge in [0.05, 0.1) is 0 Å². The maximum absolute atomic E-state index is 13.0. The van der Waals surface area contributed by atoms with Crippen LogP contribution in [0.3, 0.4) is 0 Å². The third-order valence-electron chi connectivity index (χ3n) is 3.43. The fraction of sp³-hybridized carbons (Fsp3) is 0.600. The molecule has 3 heteroatoms. The summed E-state index contributed by atoms with van der Waals surface area (Å²) in [5, 5.41) is 3.62. The molecule has 0 spiro atoms. The minimum atomic E-state index is -1.10. The lowest BCUT2D eigenvalue weighted by atomic mass is 10.0. The van der Waals surface area contributed by atoms with Crippen LogP contribution in [0.25, 0.3) is 0 Å². The number of rotatable bonds is 6. The standard InChI is InChI=1S/C15H24FNSi/c1-18(2,3)11-13(10-17-15-8-9-15)12-4-6-14(16)7-5-12/h4-7,13,15,17H,8-11H2,1-3H3. The molecule has 1 N–H and O–H groups in total. The summed E-state index contributed by atoms with van der Waals surface area (Å²) in [6, 6.07) is 9.09. The highest BCUT2D eigenvalue weighted by Crippen LogP contribution is 2.28. The van der Waals surface area contributed by atoms with Gasteiger partial charge in [-0.3, -0.25) is 0 Å². The lowest BCUT2D eigenvalue weighted by Gasteiger charge is -2.25. The van der Waals surface area contributed by atoms with Crippen LogP contribution in [0.1, 0.15) is 24.3 Å². The Bertz CT molecular complexity index is 378. The summed E-state index contributed by atoms with van der Waals surface area (Å²) >= 11 is 0. The average molecular weight is 265 g/mol. The maximum atomic E-state index is 13.0. The minimum Gasteiger partial charge on any atom is -0.313 e. The van der Waals surface area contributed by atoms with E-state index >= 15 is 0 Å². The smallest absolute Gasteiger partial charge is 0.123 e. The van der Waals surface area contributed by atoms with Crippen molar-refractivity contribution in [1.82, 2.24) is 5.32 Å². The van der Waals surface area contributed by atoms with Crippen molar-refractivity contribution in [2.45, 2.75) is 50.5 Å². The molecule has 1 aliphatic carbocycles. The molecular weight excluding hydrogens is 241 g/mol. The quantitative estimate of drug-likeness (QED) is 0.767. The molecule has 0 bridgehead atoms. The molecule has 0 radical (unpaired) electrons. The Morgan fingerprint density at radius 1 is 1.22 bits per heavy atom. The van der Waals surface area contributed by atoms with Crippen molar-refractivity contribution >= 4 is 8.07 Å². The number of nitrogens with one attached hydrogen (secondary N) is 1. The van der Waals surface area contributed by atoms with E-state index < -0.39 is 8.07 Å². The van der Waals surface area contributed by atoms with E-state index in [9.17, 15) is 4.39 Å². The Hall–Kier alpha value is -0.673. The Morgan fingerprint density at radius 2 is 1.83 bits per heavy atom. The van der Waals surface area contributed by atoms with Crippen LogP contribution in [-0.2, 0) is 0 Å². The molecule has 1 aliphatic rings. The summed E-state index contributed by atoms with van der Waals surface area (Å²) in [5.41, 5.74) is 1.28. The first-order chi connectivity index (χ1) is 8.44. The molecular formula is C15H24FNSi. The van der Waals surface area contributed by atoms with Gasteiger partial charge in [-0.15, -0.1) is 0 Å². The number of halogens is 1. The summed E-state index contributed by atoms with van der Waals surface area (Å²) in [6.07, 6.45) is 2.65. The van der Waals surface area contributed by atoms with Gasteiger partial charge >= 0.3 is 0 Å². The van der Waals surface area contributed by atoms with Crippen molar-refractivity contribution in [3.63, 3.8) is 0 Å². The van der Waals surface area contributed by atoms with Gasteiger partial charge in [0, 0.05) is 20.7 Å². The van der Waals surface area contributed by atoms with Crippen molar-refractivity contribution in [3.05, 3.63) is 35.6 Å². The molecule has 1 aromatic carbocycles. The Labute approximate surface area is 111 Å². The maximum Gasteiger partial charge on any atom is 0.123 e. The van der Waals surface area contributed by atoms with Crippen molar-refractivity contribution in [3.8, 4) is 0 Å². The molecule has 1 nitrogen and oxygen atoms in total. The topological polar surface area (TPSA) is 12.0 Å². The van der Waals surface area contributed by atoms with Gasteiger partial charge in [-0.05, 0) is 42.5 Å². The molecule has 1 atom stereocenters. The van der Waals surface area contributed by atoms with Crippen LogP contribution in [0.2, 0.25) is 25.7 Å². The molecule has 1 saturated carbocycles. The lowest BCUT2D eigenvalue weighted by molar-refractivity contribution is 0.601. The summed E-state index contributed by atoms with van der Waals surface area (Å²) < 4.78 is 13.0. The van der Waals surface area contributed by atoms with E-state index in [1.165, 1.54) is 24.4 Å². The van der Waals surface area contributed by atoms with Crippen LogP contribution >= 0.6 is 0 Å². The Balaban J connectivity index is 2.03. The largest absolute Gasteiger partial charge is 0.313 e. The van der Waals surface area contributed by atoms with Gasteiger partial charge in [-0.2, -0.15) is 0 Å². The van der Waals surface area contributed by atoms with Crippen molar-refractivity contribution in [2.24, 2.45) is 0 Å². The van der Waals surface area contributed by atoms with Gasteiger partial charge in [0.15, 0.2) is 0 Å². The summed E-state index contributed by atoms with van der Waals surface area (Å²) in [5.74, 6) is 0.401. The molecule has 1 unspecified atom stereocenters. The van der Waals surface area contributed by atoms with Crippen LogP contribution in [0.4, 0.5) is 4.39 Å². The second kappa shape index (κ2) is 5.53. The van der Waals surface area contributed by atoms with Crippen molar-refractivity contribution < 1.29 is 4.39 Å². The summed E-state index contributed by atoms with van der Waals surface area (Å²) in [4.78, 5) is 0. The first kappa shape index (κ1) is 13.8. The predicted molar refractivity (Wildman–Crippen MR) is 78.3 cm³/mol. The van der Waals surface area contributed by atoms with Crippen LogP contribution in [0.15, 0.2) is 24.3 Å². The lowest BCUT2D eigenvalue weighted by Crippen LogP contribution is -2.30. The molecule has 1 aromatic rings. The molecule has 18 heavy (non-hydrogen) atoms. The molecule has 0 saturated heterocycles. The van der Waals surface area contributed by atoms with E-state index in [-0.39, 0.29) is 5.82 Å². The van der Waals surface area contributed by atoms with Gasteiger partial charge in [0.25, 0.3) is 0 Å². The molecule has 0 aliphatic heterocycles. The minimum absolute atomic E-state index is 0.138. The number of benzene rings is 1. The second-order valence-electron chi connectivity index (χ2n) is 6.70. The number of hydrogen-bond donors (Lipinski definition) is 1. The first-order valence-electron chi connectivity index (χ1n) is 6.93. The molecule has 1 fully saturated rings. The average Bonchev–Trinajstić information content (AvgIpc) is 3.07. The Morgan fingerprint density at radius 3 is 2.33 bits per heavy atom. The van der Waals surface area contributed by atoms with Gasteiger partial charge in [-0.25, -0.2) is 4.39 Å². The zero-order chi connectivity index (χ0) is 13.2. The number of hydrogen-bond acceptors (Lipinski definition) is 1. The highest BCUT2D eigenvalue weighted by Gasteiger charge is 2.25. The van der Waals surface area contributed by atoms with E-state index in [2.05, 4.69) is 25.0 Å². The zero-order valence-electron chi connectivity index (χ0n) is 11.7. The van der Waals surface area contributed by atoms with Crippen molar-refractivity contribution in [1.29, 1.82) is 0 Å². The van der Waals surface area contributed by atoms with Gasteiger partial charge in [-0.1, -0.05) is 31.8 Å². The predicted octanol–water partition coefficient (Wildman–Crippen LogP) is 4.00. The van der Waals surface area contributed by atoms with Crippen LogP contribution in [-0.4, -0.2) is 20.7 Å². The highest BCUT2D eigenvalue weighted by molar-refractivity contribution is 6.76. The van der Waals surface area contributed by atoms with Gasteiger partial charge in [0.1, 0.15) is 5.82 Å². The van der Waals surface area contributed by atoms with E-state index in [4.69, 9.17) is 0 Å². The highest BCUT2D eigenvalue weighted by atomic mass is 28.3. The molecule has 2 rings (SSSR count). The summed E-state index contributed by atoms with van der Waals surface area (Å²) in [6.45, 7) is 8.25. The SMILES string of the molecule is C[Si](C)(C)CC(CNC1CC1)c1ccc(F)cc1. The first-order valence-corrected chi connectivity index (χ1v) is 10.6. The van der Waals surface area contributed by atoms with E-state index in [0.29, 0.717) is 5.92 Å². The molecule has 100 valence electrons. The summed E-state index contributed by atoms with van der Waals surface area (Å²) in [7, 11) is -1.10. The van der Waals surface area contributed by atoms with E-state index in [0.717, 1.165) is 12.6 Å². The zero-order valence-corrected chi connectivity index (χ0v) is 12.7. The van der Waals surface area contributed by atoms with Crippen LogP contribution in [0.5, 0.6) is 0 Å². The Kier molecular flexibility index (Phi) is 4.23. The third kappa shape index (κ3) is 4.54. The van der Waals surface area contributed by atoms with E-state index in [1.54, 1.807) is 12.1 Å². The van der Waals surface area contributed by atoms with Crippen LogP contribution in [0, 0.1) is 5.82 Å². The molecule has 0 aromatic heterocycles. The third-order valence-corrected chi connectivity index (χ3v) is 5.15.